The van der Waals surface area contributed by atoms with Crippen molar-refractivity contribution in [2.45, 2.75) is 69.2 Å². The maximum Gasteiger partial charge on any atom is 0.416 e. The minimum absolute atomic E-state index is 0.0284. The van der Waals surface area contributed by atoms with Crippen LogP contribution in [0.2, 0.25) is 0 Å². The minimum Gasteiger partial charge on any atom is -0.379 e. The summed E-state index contributed by atoms with van der Waals surface area (Å²) in [7, 11) is 1.70. The minimum atomic E-state index is -4.53. The molecule has 1 saturated carbocycles. The van der Waals surface area contributed by atoms with E-state index in [2.05, 4.69) is 36.2 Å². The van der Waals surface area contributed by atoms with Gasteiger partial charge in [-0.15, -0.1) is 0 Å². The molecule has 3 fully saturated rings. The van der Waals surface area contributed by atoms with Crippen LogP contribution in [0.4, 0.5) is 19.0 Å². The highest BCUT2D eigenvalue weighted by Gasteiger charge is 2.42. The summed E-state index contributed by atoms with van der Waals surface area (Å²) in [6.07, 6.45) is 3.36. The highest BCUT2D eigenvalue weighted by atomic mass is 19.4. The molecule has 62 heavy (non-hydrogen) atoms. The van der Waals surface area contributed by atoms with Crippen LogP contribution in [0.3, 0.4) is 0 Å². The first-order chi connectivity index (χ1) is 29.9. The quantitative estimate of drug-likeness (QED) is 0.114. The van der Waals surface area contributed by atoms with Crippen LogP contribution in [0.5, 0.6) is 0 Å². The lowest BCUT2D eigenvalue weighted by molar-refractivity contribution is -0.137. The van der Waals surface area contributed by atoms with Gasteiger partial charge < -0.3 is 45.3 Å². The van der Waals surface area contributed by atoms with Gasteiger partial charge in [-0.2, -0.15) is 13.2 Å². The first-order valence-corrected chi connectivity index (χ1v) is 21.0. The molecular weight excluding hydrogens is 816 g/mol. The first kappa shape index (κ1) is 46.0. The molecule has 1 aliphatic carbocycles. The fraction of sp³-hybridized carbons (Fsp3) is 0.571. The maximum absolute atomic E-state index is 13.3. The zero-order chi connectivity index (χ0) is 44.1. The van der Waals surface area contributed by atoms with Crippen LogP contribution in [0.15, 0.2) is 49.1 Å². The van der Waals surface area contributed by atoms with E-state index < -0.39 is 23.7 Å². The van der Waals surface area contributed by atoms with E-state index in [0.717, 1.165) is 17.7 Å². The van der Waals surface area contributed by atoms with E-state index in [1.54, 1.807) is 35.3 Å². The van der Waals surface area contributed by atoms with E-state index in [0.29, 0.717) is 90.3 Å². The lowest BCUT2D eigenvalue weighted by Gasteiger charge is -2.28. The van der Waals surface area contributed by atoms with E-state index >= 15 is 0 Å². The Hall–Kier alpha value is -5.47. The summed E-state index contributed by atoms with van der Waals surface area (Å²) in [6, 6.07) is 5.79. The summed E-state index contributed by atoms with van der Waals surface area (Å²) in [5, 5.41) is 12.0. The third-order valence-electron chi connectivity index (χ3n) is 11.4. The molecule has 5 amide bonds. The van der Waals surface area contributed by atoms with Gasteiger partial charge >= 0.3 is 6.18 Å². The Balaban J connectivity index is 0.753. The molecule has 0 radical (unpaired) electrons. The van der Waals surface area contributed by atoms with E-state index in [4.69, 9.17) is 14.2 Å². The summed E-state index contributed by atoms with van der Waals surface area (Å²) >= 11 is 0. The van der Waals surface area contributed by atoms with Crippen molar-refractivity contribution < 1.29 is 51.4 Å². The number of rotatable bonds is 21. The van der Waals surface area contributed by atoms with Crippen molar-refractivity contribution in [3.63, 3.8) is 0 Å². The molecule has 336 valence electrons. The number of alkyl halides is 3. The van der Waals surface area contributed by atoms with Gasteiger partial charge in [0.1, 0.15) is 18.2 Å². The number of amides is 5. The van der Waals surface area contributed by atoms with Gasteiger partial charge in [-0.1, -0.05) is 6.07 Å². The number of carbonyl (C=O) groups is 5. The number of fused-ring (bicyclic) bond motifs is 1. The molecule has 2 saturated heterocycles. The van der Waals surface area contributed by atoms with Crippen molar-refractivity contribution in [3.05, 3.63) is 60.2 Å². The average molecular weight is 870 g/mol. The molecule has 4 heterocycles. The monoisotopic (exact) mass is 869 g/mol. The zero-order valence-electron chi connectivity index (χ0n) is 34.7. The lowest BCUT2D eigenvalue weighted by Crippen LogP contribution is -2.43. The van der Waals surface area contributed by atoms with Gasteiger partial charge in [-0.3, -0.25) is 29.0 Å². The number of hydrogen-bond acceptors (Lipinski definition) is 12. The lowest BCUT2D eigenvalue weighted by atomic mass is 9.85. The Labute approximate surface area is 357 Å². The molecule has 3 aromatic rings. The number of ether oxygens (including phenoxy) is 3. The Morgan fingerprint density at radius 1 is 0.871 bits per heavy atom. The van der Waals surface area contributed by atoms with E-state index in [9.17, 15) is 37.1 Å². The van der Waals surface area contributed by atoms with Gasteiger partial charge in [-0.25, -0.2) is 9.97 Å². The molecule has 2 aliphatic heterocycles. The van der Waals surface area contributed by atoms with Gasteiger partial charge in [-0.05, 0) is 61.9 Å². The molecule has 20 heteroatoms. The second-order valence-corrected chi connectivity index (χ2v) is 15.6. The van der Waals surface area contributed by atoms with Gasteiger partial charge in [0.15, 0.2) is 0 Å². The van der Waals surface area contributed by atoms with Crippen LogP contribution < -0.4 is 21.3 Å². The van der Waals surface area contributed by atoms with Crippen LogP contribution >= 0.6 is 0 Å². The average Bonchev–Trinajstić information content (AvgIpc) is 3.76. The van der Waals surface area contributed by atoms with Crippen molar-refractivity contribution in [1.29, 1.82) is 0 Å². The molecule has 6 rings (SSSR count). The number of aromatic nitrogens is 3. The smallest absolute Gasteiger partial charge is 0.379 e. The largest absolute Gasteiger partial charge is 0.416 e. The summed E-state index contributed by atoms with van der Waals surface area (Å²) in [4.78, 5) is 79.1. The summed E-state index contributed by atoms with van der Waals surface area (Å²) in [5.41, 5.74) is 0.310. The van der Waals surface area contributed by atoms with Gasteiger partial charge in [0.2, 0.25) is 29.5 Å². The Morgan fingerprint density at radius 3 is 2.32 bits per heavy atom. The molecule has 3 atom stereocenters. The van der Waals surface area contributed by atoms with Crippen molar-refractivity contribution >= 4 is 46.3 Å². The number of anilines is 1. The number of benzene rings is 1. The molecule has 3 aliphatic rings. The number of nitrogens with one attached hydrogen (secondary N) is 4. The van der Waals surface area contributed by atoms with E-state index in [1.807, 2.05) is 6.07 Å². The predicted octanol–water partition coefficient (Wildman–Crippen LogP) is 2.62. The van der Waals surface area contributed by atoms with Crippen molar-refractivity contribution in [3.8, 4) is 0 Å². The number of pyridine rings is 1. The van der Waals surface area contributed by atoms with Crippen LogP contribution in [0.25, 0.3) is 10.9 Å². The fourth-order valence-electron chi connectivity index (χ4n) is 8.06. The second-order valence-electron chi connectivity index (χ2n) is 15.6. The zero-order valence-corrected chi connectivity index (χ0v) is 34.7. The van der Waals surface area contributed by atoms with Gasteiger partial charge in [0.25, 0.3) is 0 Å². The normalized spacial score (nSPS) is 21.6. The number of halogens is 3. The highest BCUT2D eigenvalue weighted by molar-refractivity contribution is 5.93. The Bertz CT molecular complexity index is 2000. The van der Waals surface area contributed by atoms with E-state index in [1.165, 1.54) is 12.4 Å². The third-order valence-corrected chi connectivity index (χ3v) is 11.4. The molecule has 0 spiro atoms. The van der Waals surface area contributed by atoms with Gasteiger partial charge in [0.05, 0.1) is 62.7 Å². The van der Waals surface area contributed by atoms with Gasteiger partial charge in [0, 0.05) is 75.8 Å². The number of likely N-dealkylation sites (tertiary alicyclic amines) is 2. The van der Waals surface area contributed by atoms with Crippen LogP contribution in [0.1, 0.15) is 62.1 Å². The number of nitrogens with zero attached hydrogens (tertiary/aromatic N) is 5. The topological polar surface area (TPSA) is 206 Å². The maximum atomic E-state index is 13.3. The van der Waals surface area contributed by atoms with Crippen LogP contribution in [-0.4, -0.2) is 139 Å². The summed E-state index contributed by atoms with van der Waals surface area (Å²) < 4.78 is 56.5. The number of carbonyl (C=O) groups excluding carboxylic acids is 5. The number of hydrogen-bond donors (Lipinski definition) is 4. The molecule has 2 aromatic heterocycles. The van der Waals surface area contributed by atoms with E-state index in [-0.39, 0.29) is 84.7 Å². The molecule has 0 bridgehead atoms. The van der Waals surface area contributed by atoms with Crippen molar-refractivity contribution in [2.75, 3.05) is 78.2 Å². The molecule has 4 N–H and O–H groups in total. The Kier molecular flexibility index (Phi) is 16.4. The predicted molar refractivity (Wildman–Crippen MR) is 218 cm³/mol. The molecule has 0 unspecified atom stereocenters. The molecule has 17 nitrogen and oxygen atoms in total. The van der Waals surface area contributed by atoms with Crippen molar-refractivity contribution in [2.24, 2.45) is 11.8 Å². The molecule has 1 aromatic carbocycles. The third kappa shape index (κ3) is 12.6. The Morgan fingerprint density at radius 2 is 1.60 bits per heavy atom. The fourth-order valence-corrected chi connectivity index (χ4v) is 8.06. The molecular formula is C42H54F3N9O8. The van der Waals surface area contributed by atoms with Crippen LogP contribution in [-0.2, 0) is 44.4 Å². The SMILES string of the molecule is CN1C(=O)C[C@H](C(=O)NCCOCCOCCOCCC(=O)N[C@H]2CC[C@@H](C(=O)NCCN3CC[C@H](Nc4ncnc5ccc(C(F)(F)F)cc45)C3=O)CC2)[C@H]1c1cccnc1. The first-order valence-electron chi connectivity index (χ1n) is 21.0. The second kappa shape index (κ2) is 22.1. The standard InChI is InChI=1S/C42H54F3N9O8/c1-53-36(56)24-32(37(53)28-3-2-12-46-25-28)40(58)48-14-18-61-20-22-62-21-19-60-17-11-35(55)51-30-7-4-27(5-8-30)39(57)47-13-16-54-15-10-34(41(54)59)52-38-31-23-29(42(43,44)45)6-9-33(31)49-26-50-38/h2-3,6,9,12,23,25-27,30,32,34,37H,4-5,7-8,10-11,13-22,24H2,1H3,(H,47,57)(H,48,58)(H,51,55)(H,49,50,52)/t27-,30+,32-,34-,37+/m0/s1. The van der Waals surface area contributed by atoms with Crippen molar-refractivity contribution in [1.82, 2.24) is 40.7 Å². The summed E-state index contributed by atoms with van der Waals surface area (Å²) in [6.45, 7) is 3.13. The van der Waals surface area contributed by atoms with Crippen LogP contribution in [0, 0.1) is 11.8 Å². The summed E-state index contributed by atoms with van der Waals surface area (Å²) in [5.74, 6) is -1.29. The highest BCUT2D eigenvalue weighted by Crippen LogP contribution is 2.37.